The highest BCUT2D eigenvalue weighted by Crippen LogP contribution is 2.42. The van der Waals surface area contributed by atoms with Crippen LogP contribution in [0.3, 0.4) is 0 Å². The number of hydrogen-bond acceptors (Lipinski definition) is 2. The van der Waals surface area contributed by atoms with Crippen LogP contribution in [0.15, 0.2) is 11.6 Å². The van der Waals surface area contributed by atoms with Gasteiger partial charge in [0.05, 0.1) is 12.2 Å². The summed E-state index contributed by atoms with van der Waals surface area (Å²) >= 11 is 0. The Balaban J connectivity index is 1.62. The van der Waals surface area contributed by atoms with E-state index in [9.17, 15) is 4.79 Å². The summed E-state index contributed by atoms with van der Waals surface area (Å²) < 4.78 is 6.15. The van der Waals surface area contributed by atoms with E-state index in [2.05, 4.69) is 6.08 Å². The van der Waals surface area contributed by atoms with Crippen LogP contribution in [-0.4, -0.2) is 18.5 Å². The molecule has 3 atom stereocenters. The number of aldehydes is 1. The van der Waals surface area contributed by atoms with E-state index in [1.54, 1.807) is 0 Å². The first kappa shape index (κ1) is 10.5. The van der Waals surface area contributed by atoms with Gasteiger partial charge in [0.25, 0.3) is 0 Å². The molecule has 2 heteroatoms. The third kappa shape index (κ3) is 1.84. The first-order valence-electron chi connectivity index (χ1n) is 6.68. The molecule has 1 unspecified atom stereocenters. The van der Waals surface area contributed by atoms with Crippen molar-refractivity contribution in [2.45, 2.75) is 57.2 Å². The first-order valence-corrected chi connectivity index (χ1v) is 6.68. The molecule has 1 saturated carbocycles. The van der Waals surface area contributed by atoms with Crippen LogP contribution in [0.25, 0.3) is 0 Å². The summed E-state index contributed by atoms with van der Waals surface area (Å²) in [6, 6.07) is 0. The topological polar surface area (TPSA) is 26.3 Å². The molecule has 0 radical (unpaired) electrons. The summed E-state index contributed by atoms with van der Waals surface area (Å²) in [5.74, 6) is 1.33. The minimum absolute atomic E-state index is 0.326. The van der Waals surface area contributed by atoms with Crippen molar-refractivity contribution in [1.29, 1.82) is 0 Å². The molecular weight excluding hydrogens is 200 g/mol. The van der Waals surface area contributed by atoms with E-state index < -0.39 is 0 Å². The third-order valence-corrected chi connectivity index (χ3v) is 4.52. The average molecular weight is 220 g/mol. The molecule has 0 amide bonds. The molecule has 3 rings (SSSR count). The molecule has 0 aromatic carbocycles. The van der Waals surface area contributed by atoms with Gasteiger partial charge in [-0.15, -0.1) is 0 Å². The Morgan fingerprint density at radius 2 is 2.00 bits per heavy atom. The van der Waals surface area contributed by atoms with E-state index in [-0.39, 0.29) is 0 Å². The summed E-state index contributed by atoms with van der Waals surface area (Å²) in [6.07, 6.45) is 12.9. The number of carbonyl (C=O) groups is 1. The Hall–Kier alpha value is -0.630. The van der Waals surface area contributed by atoms with Gasteiger partial charge in [0.2, 0.25) is 0 Å². The standard InChI is InChI=1S/C14H20O2/c15-9-10-6-12-8-14(16-13(12)7-10)11-4-2-1-3-5-11/h6,9,11-14H,1-5,7-8H2/t12-,13-,14?/m0/s1. The van der Waals surface area contributed by atoms with Gasteiger partial charge in [-0.05, 0) is 30.8 Å². The molecule has 0 bridgehead atoms. The molecule has 0 aromatic rings. The largest absolute Gasteiger partial charge is 0.374 e. The van der Waals surface area contributed by atoms with E-state index in [0.29, 0.717) is 18.1 Å². The molecule has 0 spiro atoms. The molecule has 2 fully saturated rings. The van der Waals surface area contributed by atoms with Crippen LogP contribution in [0.2, 0.25) is 0 Å². The fourth-order valence-corrected chi connectivity index (χ4v) is 3.65. The molecule has 0 N–H and O–H groups in total. The van der Waals surface area contributed by atoms with Crippen molar-refractivity contribution >= 4 is 6.29 Å². The second-order valence-corrected chi connectivity index (χ2v) is 5.57. The predicted molar refractivity (Wildman–Crippen MR) is 62.1 cm³/mol. The predicted octanol–water partition coefficient (Wildman–Crippen LogP) is 2.87. The minimum Gasteiger partial charge on any atom is -0.374 e. The summed E-state index contributed by atoms with van der Waals surface area (Å²) in [5.41, 5.74) is 0.956. The van der Waals surface area contributed by atoms with Gasteiger partial charge >= 0.3 is 0 Å². The van der Waals surface area contributed by atoms with E-state index in [1.165, 1.54) is 32.1 Å². The van der Waals surface area contributed by atoms with Crippen molar-refractivity contribution in [3.63, 3.8) is 0 Å². The van der Waals surface area contributed by atoms with Gasteiger partial charge in [-0.2, -0.15) is 0 Å². The van der Waals surface area contributed by atoms with Crippen molar-refractivity contribution in [2.75, 3.05) is 0 Å². The molecule has 1 aliphatic heterocycles. The van der Waals surface area contributed by atoms with E-state index in [0.717, 1.165) is 30.6 Å². The summed E-state index contributed by atoms with van der Waals surface area (Å²) in [4.78, 5) is 10.7. The highest BCUT2D eigenvalue weighted by molar-refractivity contribution is 5.74. The monoisotopic (exact) mass is 220 g/mol. The van der Waals surface area contributed by atoms with Gasteiger partial charge in [0, 0.05) is 12.3 Å². The second kappa shape index (κ2) is 4.33. The molecule has 2 nitrogen and oxygen atoms in total. The lowest BCUT2D eigenvalue weighted by Gasteiger charge is -2.27. The summed E-state index contributed by atoms with van der Waals surface area (Å²) in [7, 11) is 0. The molecule has 0 aromatic heterocycles. The second-order valence-electron chi connectivity index (χ2n) is 5.57. The maximum Gasteiger partial charge on any atom is 0.145 e. The van der Waals surface area contributed by atoms with E-state index in [1.807, 2.05) is 0 Å². The Labute approximate surface area is 97.1 Å². The molecule has 3 aliphatic rings. The average Bonchev–Trinajstić information content (AvgIpc) is 2.87. The van der Waals surface area contributed by atoms with Crippen molar-refractivity contribution in [1.82, 2.24) is 0 Å². The van der Waals surface area contributed by atoms with E-state index in [4.69, 9.17) is 4.74 Å². The van der Waals surface area contributed by atoms with Crippen molar-refractivity contribution in [3.05, 3.63) is 11.6 Å². The first-order chi connectivity index (χ1) is 7.86. The number of ether oxygens (including phenoxy) is 1. The summed E-state index contributed by atoms with van der Waals surface area (Å²) in [5, 5.41) is 0. The van der Waals surface area contributed by atoms with Gasteiger partial charge in [0.15, 0.2) is 0 Å². The van der Waals surface area contributed by atoms with Crippen molar-refractivity contribution in [2.24, 2.45) is 11.8 Å². The van der Waals surface area contributed by atoms with Crippen LogP contribution in [0.1, 0.15) is 44.9 Å². The van der Waals surface area contributed by atoms with Gasteiger partial charge in [-0.25, -0.2) is 0 Å². The Bertz CT molecular complexity index is 302. The highest BCUT2D eigenvalue weighted by Gasteiger charge is 2.41. The van der Waals surface area contributed by atoms with Crippen molar-refractivity contribution < 1.29 is 9.53 Å². The number of rotatable bonds is 2. The van der Waals surface area contributed by atoms with Crippen LogP contribution in [0.4, 0.5) is 0 Å². The van der Waals surface area contributed by atoms with Gasteiger partial charge in [-0.3, -0.25) is 4.79 Å². The SMILES string of the molecule is O=CC1=C[C@H]2CC(C3CCCCC3)O[C@H]2C1. The van der Waals surface area contributed by atoms with Crippen LogP contribution in [0.5, 0.6) is 0 Å². The van der Waals surface area contributed by atoms with Gasteiger partial charge in [0.1, 0.15) is 6.29 Å². The van der Waals surface area contributed by atoms with Crippen LogP contribution >= 0.6 is 0 Å². The van der Waals surface area contributed by atoms with Crippen LogP contribution < -0.4 is 0 Å². The normalized spacial score (nSPS) is 39.5. The van der Waals surface area contributed by atoms with E-state index >= 15 is 0 Å². The summed E-state index contributed by atoms with van der Waals surface area (Å²) in [6.45, 7) is 0. The zero-order valence-corrected chi connectivity index (χ0v) is 9.73. The third-order valence-electron chi connectivity index (χ3n) is 4.52. The van der Waals surface area contributed by atoms with Gasteiger partial charge < -0.3 is 4.74 Å². The van der Waals surface area contributed by atoms with Gasteiger partial charge in [-0.1, -0.05) is 25.3 Å². The highest BCUT2D eigenvalue weighted by atomic mass is 16.5. The van der Waals surface area contributed by atoms with Crippen molar-refractivity contribution in [3.8, 4) is 0 Å². The Morgan fingerprint density at radius 1 is 1.19 bits per heavy atom. The fraction of sp³-hybridized carbons (Fsp3) is 0.786. The van der Waals surface area contributed by atoms with Crippen LogP contribution in [0, 0.1) is 11.8 Å². The molecular formula is C14H20O2. The maximum atomic E-state index is 10.7. The Morgan fingerprint density at radius 3 is 2.69 bits per heavy atom. The lowest BCUT2D eigenvalue weighted by molar-refractivity contribution is -0.105. The van der Waals surface area contributed by atoms with Crippen LogP contribution in [-0.2, 0) is 9.53 Å². The zero-order chi connectivity index (χ0) is 11.0. The number of hydrogen-bond donors (Lipinski definition) is 0. The molecule has 16 heavy (non-hydrogen) atoms. The quantitative estimate of drug-likeness (QED) is 0.669. The zero-order valence-electron chi connectivity index (χ0n) is 9.73. The number of fused-ring (bicyclic) bond motifs is 1. The lowest BCUT2D eigenvalue weighted by Crippen LogP contribution is -2.23. The molecule has 2 aliphatic carbocycles. The maximum absolute atomic E-state index is 10.7. The minimum atomic E-state index is 0.326. The lowest BCUT2D eigenvalue weighted by atomic mass is 9.83. The smallest absolute Gasteiger partial charge is 0.145 e. The molecule has 88 valence electrons. The molecule has 1 saturated heterocycles. The Kier molecular flexibility index (Phi) is 2.84. The molecule has 1 heterocycles. The number of carbonyl (C=O) groups excluding carboxylic acids is 1. The fourth-order valence-electron chi connectivity index (χ4n) is 3.65.